The van der Waals surface area contributed by atoms with Gasteiger partial charge in [-0.2, -0.15) is 0 Å². The molecule has 0 atom stereocenters. The zero-order valence-electron chi connectivity index (χ0n) is 9.64. The van der Waals surface area contributed by atoms with Crippen molar-refractivity contribution < 1.29 is 19.1 Å². The molecule has 0 saturated carbocycles. The van der Waals surface area contributed by atoms with Crippen LogP contribution in [0.3, 0.4) is 0 Å². The fraction of sp³-hybridized carbons (Fsp3) is 0.231. The van der Waals surface area contributed by atoms with Gasteiger partial charge in [-0.15, -0.1) is 0 Å². The van der Waals surface area contributed by atoms with E-state index in [-0.39, 0.29) is 12.6 Å². The van der Waals surface area contributed by atoms with Crippen molar-refractivity contribution in [2.24, 2.45) is 0 Å². The summed E-state index contributed by atoms with van der Waals surface area (Å²) in [5.41, 5.74) is 0.819. The molecule has 0 radical (unpaired) electrons. The van der Waals surface area contributed by atoms with Crippen LogP contribution in [-0.2, 0) is 20.7 Å². The summed E-state index contributed by atoms with van der Waals surface area (Å²) >= 11 is 0. The highest BCUT2D eigenvalue weighted by molar-refractivity contribution is 5.81. The summed E-state index contributed by atoms with van der Waals surface area (Å²) in [4.78, 5) is 21.7. The summed E-state index contributed by atoms with van der Waals surface area (Å²) in [5, 5.41) is 0. The first kappa shape index (κ1) is 13.0. The maximum absolute atomic E-state index is 10.9. The molecule has 4 heteroatoms. The Balaban J connectivity index is 2.60. The number of carbonyl (C=O) groups excluding carboxylic acids is 2. The first-order chi connectivity index (χ1) is 8.13. The maximum Gasteiger partial charge on any atom is 0.330 e. The Hall–Kier alpha value is -2.10. The predicted octanol–water partition coefficient (Wildman–Crippen LogP) is 1.88. The molecule has 1 aromatic rings. The van der Waals surface area contributed by atoms with Crippen LogP contribution in [0, 0.1) is 0 Å². The van der Waals surface area contributed by atoms with E-state index in [2.05, 4.69) is 6.58 Å². The lowest BCUT2D eigenvalue weighted by Gasteiger charge is -2.08. The molecular formula is C13H14O4. The van der Waals surface area contributed by atoms with Crippen LogP contribution in [0.1, 0.15) is 12.5 Å². The van der Waals surface area contributed by atoms with Gasteiger partial charge in [-0.05, 0) is 11.6 Å². The average Bonchev–Trinajstić information content (AvgIpc) is 2.30. The summed E-state index contributed by atoms with van der Waals surface area (Å²) in [6.07, 6.45) is 1.60. The first-order valence-corrected chi connectivity index (χ1v) is 5.19. The predicted molar refractivity (Wildman–Crippen MR) is 62.6 cm³/mol. The Morgan fingerprint density at radius 3 is 2.71 bits per heavy atom. The van der Waals surface area contributed by atoms with E-state index in [1.54, 1.807) is 12.1 Å². The molecule has 4 nitrogen and oxygen atoms in total. The third kappa shape index (κ3) is 4.51. The van der Waals surface area contributed by atoms with E-state index >= 15 is 0 Å². The molecule has 0 heterocycles. The van der Waals surface area contributed by atoms with Crippen LogP contribution < -0.4 is 4.74 Å². The zero-order chi connectivity index (χ0) is 12.7. The summed E-state index contributed by atoms with van der Waals surface area (Å²) in [5.74, 6) is -0.342. The number of hydrogen-bond donors (Lipinski definition) is 0. The van der Waals surface area contributed by atoms with Gasteiger partial charge in [0.1, 0.15) is 5.75 Å². The van der Waals surface area contributed by atoms with Gasteiger partial charge in [0.15, 0.2) is 0 Å². The van der Waals surface area contributed by atoms with E-state index in [1.807, 2.05) is 12.1 Å². The number of hydrogen-bond acceptors (Lipinski definition) is 4. The Bertz CT molecular complexity index is 423. The third-order valence-corrected chi connectivity index (χ3v) is 2.01. The second-order valence-electron chi connectivity index (χ2n) is 3.32. The number of carbonyl (C=O) groups is 2. The summed E-state index contributed by atoms with van der Waals surface area (Å²) in [6, 6.07) is 7.13. The fourth-order valence-corrected chi connectivity index (χ4v) is 1.29. The van der Waals surface area contributed by atoms with E-state index in [4.69, 9.17) is 9.47 Å². The number of para-hydroxylation sites is 1. The molecule has 0 aliphatic rings. The molecule has 0 N–H and O–H groups in total. The molecule has 0 unspecified atom stereocenters. The van der Waals surface area contributed by atoms with Crippen LogP contribution in [0.5, 0.6) is 5.75 Å². The second-order valence-corrected chi connectivity index (χ2v) is 3.32. The molecule has 0 saturated heterocycles. The molecule has 0 amide bonds. The number of benzene rings is 1. The number of ether oxygens (including phenoxy) is 2. The molecule has 0 aromatic heterocycles. The molecule has 0 fully saturated rings. The lowest BCUT2D eigenvalue weighted by molar-refractivity contribution is -0.137. The van der Waals surface area contributed by atoms with Gasteiger partial charge in [-0.3, -0.25) is 4.79 Å². The van der Waals surface area contributed by atoms with Gasteiger partial charge in [0.25, 0.3) is 0 Å². The summed E-state index contributed by atoms with van der Waals surface area (Å²) in [6.45, 7) is 4.87. The number of rotatable bonds is 5. The standard InChI is InChI=1S/C13H14O4/c1-3-13(15)16-9-8-11-6-4-5-7-12(11)17-10(2)14/h3-7H,1,8-9H2,2H3. The zero-order valence-corrected chi connectivity index (χ0v) is 9.64. The topological polar surface area (TPSA) is 52.6 Å². The molecular weight excluding hydrogens is 220 g/mol. The summed E-state index contributed by atoms with van der Waals surface area (Å²) in [7, 11) is 0. The van der Waals surface area contributed by atoms with Crippen molar-refractivity contribution >= 4 is 11.9 Å². The van der Waals surface area contributed by atoms with Gasteiger partial charge < -0.3 is 9.47 Å². The van der Waals surface area contributed by atoms with Crippen molar-refractivity contribution in [1.82, 2.24) is 0 Å². The van der Waals surface area contributed by atoms with Crippen molar-refractivity contribution in [1.29, 1.82) is 0 Å². The van der Waals surface area contributed by atoms with Crippen LogP contribution in [0.25, 0.3) is 0 Å². The molecule has 90 valence electrons. The molecule has 1 rings (SSSR count). The van der Waals surface area contributed by atoms with Crippen LogP contribution in [0.2, 0.25) is 0 Å². The van der Waals surface area contributed by atoms with Gasteiger partial charge >= 0.3 is 11.9 Å². The highest BCUT2D eigenvalue weighted by atomic mass is 16.5. The van der Waals surface area contributed by atoms with Crippen molar-refractivity contribution in [2.75, 3.05) is 6.61 Å². The van der Waals surface area contributed by atoms with E-state index in [1.165, 1.54) is 6.92 Å². The van der Waals surface area contributed by atoms with Crippen LogP contribution in [0.15, 0.2) is 36.9 Å². The Morgan fingerprint density at radius 1 is 1.35 bits per heavy atom. The molecule has 0 spiro atoms. The van der Waals surface area contributed by atoms with Gasteiger partial charge in [-0.25, -0.2) is 4.79 Å². The average molecular weight is 234 g/mol. The lowest BCUT2D eigenvalue weighted by Crippen LogP contribution is -2.07. The van der Waals surface area contributed by atoms with Crippen molar-refractivity contribution in [2.45, 2.75) is 13.3 Å². The van der Waals surface area contributed by atoms with Crippen LogP contribution >= 0.6 is 0 Å². The minimum atomic E-state index is -0.463. The molecule has 0 bridgehead atoms. The van der Waals surface area contributed by atoms with Gasteiger partial charge in [-0.1, -0.05) is 24.8 Å². The van der Waals surface area contributed by atoms with Crippen LogP contribution in [-0.4, -0.2) is 18.5 Å². The fourth-order valence-electron chi connectivity index (χ4n) is 1.29. The summed E-state index contributed by atoms with van der Waals surface area (Å²) < 4.78 is 9.89. The molecule has 0 aliphatic heterocycles. The SMILES string of the molecule is C=CC(=O)OCCc1ccccc1OC(C)=O. The van der Waals surface area contributed by atoms with E-state index < -0.39 is 5.97 Å². The highest BCUT2D eigenvalue weighted by Gasteiger charge is 2.06. The minimum absolute atomic E-state index is 0.225. The molecule has 17 heavy (non-hydrogen) atoms. The van der Waals surface area contributed by atoms with Crippen molar-refractivity contribution in [3.63, 3.8) is 0 Å². The van der Waals surface area contributed by atoms with E-state index in [9.17, 15) is 9.59 Å². The van der Waals surface area contributed by atoms with Crippen molar-refractivity contribution in [3.05, 3.63) is 42.5 Å². The monoisotopic (exact) mass is 234 g/mol. The molecule has 0 aliphatic carbocycles. The van der Waals surface area contributed by atoms with E-state index in [0.717, 1.165) is 11.6 Å². The second kappa shape index (κ2) is 6.48. The largest absolute Gasteiger partial charge is 0.462 e. The van der Waals surface area contributed by atoms with Gasteiger partial charge in [0.05, 0.1) is 6.61 Å². The Kier molecular flexibility index (Phi) is 4.94. The normalized spacial score (nSPS) is 9.47. The maximum atomic E-state index is 10.9. The van der Waals surface area contributed by atoms with E-state index in [0.29, 0.717) is 12.2 Å². The Morgan fingerprint density at radius 2 is 2.06 bits per heavy atom. The first-order valence-electron chi connectivity index (χ1n) is 5.19. The number of esters is 2. The molecule has 1 aromatic carbocycles. The highest BCUT2D eigenvalue weighted by Crippen LogP contribution is 2.18. The van der Waals surface area contributed by atoms with Crippen molar-refractivity contribution in [3.8, 4) is 5.75 Å². The third-order valence-electron chi connectivity index (χ3n) is 2.01. The van der Waals surface area contributed by atoms with Gasteiger partial charge in [0.2, 0.25) is 0 Å². The smallest absolute Gasteiger partial charge is 0.330 e. The lowest BCUT2D eigenvalue weighted by atomic mass is 10.1. The van der Waals surface area contributed by atoms with Gasteiger partial charge in [0, 0.05) is 19.4 Å². The minimum Gasteiger partial charge on any atom is -0.462 e. The van der Waals surface area contributed by atoms with Crippen LogP contribution in [0.4, 0.5) is 0 Å². The Labute approximate surface area is 99.8 Å². The quantitative estimate of drug-likeness (QED) is 0.443.